The molecule has 0 aliphatic carbocycles. The maximum atomic E-state index is 9.74. The average molecular weight is 288 g/mol. The zero-order valence-electron chi connectivity index (χ0n) is 11.5. The molecule has 0 amide bonds. The van der Waals surface area contributed by atoms with Gasteiger partial charge in [-0.2, -0.15) is 0 Å². The van der Waals surface area contributed by atoms with Crippen LogP contribution in [0.1, 0.15) is 12.5 Å². The number of aliphatic hydroxyl groups excluding tert-OH is 1. The Balaban J connectivity index is 2.20. The molecule has 0 radical (unpaired) electrons. The minimum Gasteiger partial charge on any atom is -0.389 e. The van der Waals surface area contributed by atoms with E-state index in [0.717, 1.165) is 11.3 Å². The first-order chi connectivity index (χ1) is 9.13. The smallest absolute Gasteiger partial charge is 0.0945 e. The molecule has 0 heterocycles. The van der Waals surface area contributed by atoms with Gasteiger partial charge in [0.05, 0.1) is 36.6 Å². The highest BCUT2D eigenvalue weighted by Gasteiger charge is 2.06. The average Bonchev–Trinajstić information content (AvgIpc) is 2.37. The third-order valence-electron chi connectivity index (χ3n) is 2.54. The molecule has 1 unspecified atom stereocenters. The van der Waals surface area contributed by atoms with Gasteiger partial charge in [-0.3, -0.25) is 0 Å². The Morgan fingerprint density at radius 2 is 2.05 bits per heavy atom. The third kappa shape index (κ3) is 6.78. The summed E-state index contributed by atoms with van der Waals surface area (Å²) in [4.78, 5) is 0. The molecule has 5 heteroatoms. The standard InChI is InChI=1S/C14H22ClNO3/c1-3-18-6-7-19-10-12(17)9-16-14-5-4-11(2)8-13(14)15/h4-5,8,12,16-17H,3,6-7,9-10H2,1-2H3. The molecule has 0 fully saturated rings. The van der Waals surface area contributed by atoms with Gasteiger partial charge >= 0.3 is 0 Å². The molecule has 0 aliphatic rings. The van der Waals surface area contributed by atoms with Gasteiger partial charge in [0.1, 0.15) is 0 Å². The second kappa shape index (κ2) is 9.15. The van der Waals surface area contributed by atoms with Crippen LogP contribution in [0, 0.1) is 6.92 Å². The summed E-state index contributed by atoms with van der Waals surface area (Å²) in [6.07, 6.45) is -0.570. The molecular formula is C14H22ClNO3. The normalized spacial score (nSPS) is 12.4. The molecule has 19 heavy (non-hydrogen) atoms. The number of aliphatic hydroxyl groups is 1. The summed E-state index contributed by atoms with van der Waals surface area (Å²) < 4.78 is 10.4. The van der Waals surface area contributed by atoms with Crippen molar-refractivity contribution in [3.63, 3.8) is 0 Å². The van der Waals surface area contributed by atoms with Crippen molar-refractivity contribution in [2.24, 2.45) is 0 Å². The van der Waals surface area contributed by atoms with Crippen LogP contribution in [0.15, 0.2) is 18.2 Å². The molecule has 4 nitrogen and oxygen atoms in total. The van der Waals surface area contributed by atoms with Crippen molar-refractivity contribution in [1.82, 2.24) is 0 Å². The minimum absolute atomic E-state index is 0.281. The number of halogens is 1. The fraction of sp³-hybridized carbons (Fsp3) is 0.571. The quantitative estimate of drug-likeness (QED) is 0.685. The van der Waals surface area contributed by atoms with Crippen LogP contribution >= 0.6 is 11.6 Å². The Morgan fingerprint density at radius 1 is 1.32 bits per heavy atom. The highest BCUT2D eigenvalue weighted by molar-refractivity contribution is 6.33. The van der Waals surface area contributed by atoms with E-state index in [-0.39, 0.29) is 6.61 Å². The lowest BCUT2D eigenvalue weighted by Crippen LogP contribution is -2.25. The second-order valence-electron chi connectivity index (χ2n) is 4.29. The monoisotopic (exact) mass is 287 g/mol. The summed E-state index contributed by atoms with van der Waals surface area (Å²) >= 11 is 6.08. The van der Waals surface area contributed by atoms with Crippen LogP contribution in [-0.4, -0.2) is 44.2 Å². The van der Waals surface area contributed by atoms with E-state index < -0.39 is 6.10 Å². The van der Waals surface area contributed by atoms with Gasteiger partial charge in [0.2, 0.25) is 0 Å². The second-order valence-corrected chi connectivity index (χ2v) is 4.70. The Bertz CT molecular complexity index is 374. The fourth-order valence-corrected chi connectivity index (χ4v) is 1.83. The summed E-state index contributed by atoms with van der Waals surface area (Å²) in [7, 11) is 0. The first-order valence-corrected chi connectivity index (χ1v) is 6.85. The molecule has 1 rings (SSSR count). The number of aryl methyl sites for hydroxylation is 1. The van der Waals surface area contributed by atoms with E-state index >= 15 is 0 Å². The molecule has 1 aromatic rings. The maximum Gasteiger partial charge on any atom is 0.0945 e. The van der Waals surface area contributed by atoms with Crippen molar-refractivity contribution in [2.75, 3.05) is 38.3 Å². The van der Waals surface area contributed by atoms with Crippen molar-refractivity contribution in [3.05, 3.63) is 28.8 Å². The Kier molecular flexibility index (Phi) is 7.82. The number of hydrogen-bond acceptors (Lipinski definition) is 4. The van der Waals surface area contributed by atoms with Gasteiger partial charge in [0, 0.05) is 13.2 Å². The predicted octanol–water partition coefficient (Wildman–Crippen LogP) is 2.47. The molecule has 108 valence electrons. The molecular weight excluding hydrogens is 266 g/mol. The van der Waals surface area contributed by atoms with Crippen molar-refractivity contribution in [1.29, 1.82) is 0 Å². The first-order valence-electron chi connectivity index (χ1n) is 6.47. The van der Waals surface area contributed by atoms with Crippen LogP contribution in [0.2, 0.25) is 5.02 Å². The van der Waals surface area contributed by atoms with Crippen LogP contribution in [0.4, 0.5) is 5.69 Å². The van der Waals surface area contributed by atoms with E-state index in [0.29, 0.717) is 31.4 Å². The van der Waals surface area contributed by atoms with Gasteiger partial charge in [-0.15, -0.1) is 0 Å². The van der Waals surface area contributed by atoms with E-state index in [1.165, 1.54) is 0 Å². The lowest BCUT2D eigenvalue weighted by atomic mass is 10.2. The van der Waals surface area contributed by atoms with Crippen LogP contribution in [0.25, 0.3) is 0 Å². The van der Waals surface area contributed by atoms with Gasteiger partial charge in [0.15, 0.2) is 0 Å². The van der Waals surface area contributed by atoms with E-state index in [1.54, 1.807) is 0 Å². The van der Waals surface area contributed by atoms with Gasteiger partial charge in [-0.1, -0.05) is 17.7 Å². The van der Waals surface area contributed by atoms with Crippen LogP contribution < -0.4 is 5.32 Å². The zero-order valence-corrected chi connectivity index (χ0v) is 12.2. The minimum atomic E-state index is -0.570. The molecule has 1 atom stereocenters. The highest BCUT2D eigenvalue weighted by atomic mass is 35.5. The topological polar surface area (TPSA) is 50.7 Å². The van der Waals surface area contributed by atoms with Crippen LogP contribution in [-0.2, 0) is 9.47 Å². The lowest BCUT2D eigenvalue weighted by Gasteiger charge is -2.14. The van der Waals surface area contributed by atoms with Gasteiger partial charge in [0.25, 0.3) is 0 Å². The Hall–Kier alpha value is -0.810. The third-order valence-corrected chi connectivity index (χ3v) is 2.85. The number of ether oxygens (including phenoxy) is 2. The summed E-state index contributed by atoms with van der Waals surface area (Å²) in [5.41, 5.74) is 1.93. The van der Waals surface area contributed by atoms with Gasteiger partial charge < -0.3 is 19.9 Å². The Morgan fingerprint density at radius 3 is 2.74 bits per heavy atom. The lowest BCUT2D eigenvalue weighted by molar-refractivity contribution is 0.0103. The van der Waals surface area contributed by atoms with E-state index in [9.17, 15) is 5.11 Å². The van der Waals surface area contributed by atoms with Crippen LogP contribution in [0.3, 0.4) is 0 Å². The number of hydrogen-bond donors (Lipinski definition) is 2. The predicted molar refractivity (Wildman–Crippen MR) is 78.0 cm³/mol. The van der Waals surface area contributed by atoms with Gasteiger partial charge in [-0.05, 0) is 31.5 Å². The van der Waals surface area contributed by atoms with Crippen LogP contribution in [0.5, 0.6) is 0 Å². The molecule has 1 aromatic carbocycles. The maximum absolute atomic E-state index is 9.74. The zero-order chi connectivity index (χ0) is 14.1. The van der Waals surface area contributed by atoms with Crippen molar-refractivity contribution >= 4 is 17.3 Å². The van der Waals surface area contributed by atoms with E-state index in [4.69, 9.17) is 21.1 Å². The Labute approximate surface area is 119 Å². The largest absolute Gasteiger partial charge is 0.389 e. The molecule has 0 spiro atoms. The number of nitrogens with one attached hydrogen (secondary N) is 1. The van der Waals surface area contributed by atoms with Gasteiger partial charge in [-0.25, -0.2) is 0 Å². The summed E-state index contributed by atoms with van der Waals surface area (Å²) in [5.74, 6) is 0. The number of anilines is 1. The number of rotatable bonds is 9. The molecule has 0 saturated carbocycles. The fourth-order valence-electron chi connectivity index (χ4n) is 1.53. The first kappa shape index (κ1) is 16.2. The van der Waals surface area contributed by atoms with E-state index in [2.05, 4.69) is 5.32 Å². The molecule has 0 aromatic heterocycles. The molecule has 0 aliphatic heterocycles. The number of benzene rings is 1. The highest BCUT2D eigenvalue weighted by Crippen LogP contribution is 2.22. The molecule has 2 N–H and O–H groups in total. The summed E-state index contributed by atoms with van der Waals surface area (Å²) in [6, 6.07) is 5.76. The van der Waals surface area contributed by atoms with Crippen molar-refractivity contribution in [2.45, 2.75) is 20.0 Å². The van der Waals surface area contributed by atoms with Crippen molar-refractivity contribution < 1.29 is 14.6 Å². The SMILES string of the molecule is CCOCCOCC(O)CNc1ccc(C)cc1Cl. The van der Waals surface area contributed by atoms with E-state index in [1.807, 2.05) is 32.0 Å². The molecule has 0 bridgehead atoms. The van der Waals surface area contributed by atoms with Crippen molar-refractivity contribution in [3.8, 4) is 0 Å². The molecule has 0 saturated heterocycles. The summed E-state index contributed by atoms with van der Waals surface area (Å²) in [5, 5.41) is 13.5. The summed E-state index contributed by atoms with van der Waals surface area (Å²) in [6.45, 7) is 6.33.